The van der Waals surface area contributed by atoms with E-state index in [1.54, 1.807) is 12.1 Å². The normalized spacial score (nSPS) is 19.5. The van der Waals surface area contributed by atoms with E-state index in [9.17, 15) is 9.18 Å². The molecule has 1 saturated heterocycles. The number of carbonyl (C=O) groups excluding carboxylic acids is 1. The largest absolute Gasteiger partial charge is 0.369 e. The number of primary amides is 1. The second-order valence-corrected chi connectivity index (χ2v) is 8.61. The van der Waals surface area contributed by atoms with Crippen LogP contribution in [0.4, 0.5) is 4.39 Å². The van der Waals surface area contributed by atoms with Gasteiger partial charge >= 0.3 is 0 Å². The SMILES string of the molecule is CCNC(=NCC1(c2ccccc2F)CC1)NCCCCN1CCC(C(N)=O)CC1. The molecule has 2 fully saturated rings. The highest BCUT2D eigenvalue weighted by molar-refractivity contribution is 5.79. The molecule has 2 aliphatic rings. The Hall–Kier alpha value is -2.15. The molecule has 1 amide bonds. The highest BCUT2D eigenvalue weighted by Gasteiger charge is 2.45. The molecule has 1 aliphatic heterocycles. The lowest BCUT2D eigenvalue weighted by molar-refractivity contribution is -0.123. The number of halogens is 1. The van der Waals surface area contributed by atoms with Gasteiger partial charge < -0.3 is 21.3 Å². The van der Waals surface area contributed by atoms with Gasteiger partial charge in [0, 0.05) is 24.4 Å². The molecule has 1 aromatic carbocycles. The van der Waals surface area contributed by atoms with Crippen molar-refractivity contribution in [2.45, 2.75) is 50.9 Å². The summed E-state index contributed by atoms with van der Waals surface area (Å²) in [6.07, 6.45) is 5.90. The van der Waals surface area contributed by atoms with E-state index in [0.717, 1.165) is 82.8 Å². The molecule has 30 heavy (non-hydrogen) atoms. The molecule has 0 bridgehead atoms. The Morgan fingerprint density at radius 3 is 2.60 bits per heavy atom. The van der Waals surface area contributed by atoms with Crippen LogP contribution in [0.3, 0.4) is 0 Å². The molecule has 0 spiro atoms. The van der Waals surface area contributed by atoms with E-state index in [1.807, 2.05) is 12.1 Å². The van der Waals surface area contributed by atoms with Crippen molar-refractivity contribution >= 4 is 11.9 Å². The number of nitrogens with two attached hydrogens (primary N) is 1. The number of benzene rings is 1. The summed E-state index contributed by atoms with van der Waals surface area (Å²) in [4.78, 5) is 18.4. The molecule has 6 nitrogen and oxygen atoms in total. The van der Waals surface area contributed by atoms with Crippen LogP contribution in [0.25, 0.3) is 0 Å². The van der Waals surface area contributed by atoms with Gasteiger partial charge in [-0.15, -0.1) is 0 Å². The van der Waals surface area contributed by atoms with Crippen molar-refractivity contribution in [3.63, 3.8) is 0 Å². The summed E-state index contributed by atoms with van der Waals surface area (Å²) in [7, 11) is 0. The monoisotopic (exact) mass is 417 g/mol. The molecular formula is C23H36FN5O. The number of hydrogen-bond acceptors (Lipinski definition) is 3. The van der Waals surface area contributed by atoms with E-state index in [0.29, 0.717) is 6.54 Å². The van der Waals surface area contributed by atoms with Crippen molar-refractivity contribution in [3.8, 4) is 0 Å². The Labute approximate surface area is 179 Å². The lowest BCUT2D eigenvalue weighted by atomic mass is 9.95. The predicted molar refractivity (Wildman–Crippen MR) is 119 cm³/mol. The van der Waals surface area contributed by atoms with Crippen molar-refractivity contribution < 1.29 is 9.18 Å². The van der Waals surface area contributed by atoms with Gasteiger partial charge in [0.2, 0.25) is 5.91 Å². The quantitative estimate of drug-likeness (QED) is 0.310. The number of unbranched alkanes of at least 4 members (excludes halogenated alkanes) is 1. The van der Waals surface area contributed by atoms with Crippen LogP contribution in [0.1, 0.15) is 51.0 Å². The van der Waals surface area contributed by atoms with Gasteiger partial charge in [0.05, 0.1) is 6.54 Å². The molecule has 0 unspecified atom stereocenters. The Kier molecular flexibility index (Phi) is 8.08. The maximum absolute atomic E-state index is 14.2. The van der Waals surface area contributed by atoms with Gasteiger partial charge in [0.1, 0.15) is 5.82 Å². The smallest absolute Gasteiger partial charge is 0.220 e. The Morgan fingerprint density at radius 2 is 1.97 bits per heavy atom. The molecule has 0 radical (unpaired) electrons. The Balaban J connectivity index is 1.39. The van der Waals surface area contributed by atoms with Crippen molar-refractivity contribution in [2.24, 2.45) is 16.6 Å². The van der Waals surface area contributed by atoms with Crippen LogP contribution >= 0.6 is 0 Å². The minimum absolute atomic E-state index is 0.0564. The van der Waals surface area contributed by atoms with Crippen molar-refractivity contribution in [1.82, 2.24) is 15.5 Å². The van der Waals surface area contributed by atoms with Gasteiger partial charge in [-0.2, -0.15) is 0 Å². The van der Waals surface area contributed by atoms with Crippen LogP contribution in [0.2, 0.25) is 0 Å². The van der Waals surface area contributed by atoms with Crippen LogP contribution in [0.15, 0.2) is 29.3 Å². The zero-order valence-electron chi connectivity index (χ0n) is 18.1. The van der Waals surface area contributed by atoms with Crippen LogP contribution in [0.5, 0.6) is 0 Å². The minimum atomic E-state index is -0.155. The first-order valence-corrected chi connectivity index (χ1v) is 11.3. The summed E-state index contributed by atoms with van der Waals surface area (Å²) in [5.41, 5.74) is 6.06. The van der Waals surface area contributed by atoms with Gasteiger partial charge in [-0.1, -0.05) is 18.2 Å². The number of piperidine rings is 1. The second-order valence-electron chi connectivity index (χ2n) is 8.61. The van der Waals surface area contributed by atoms with Crippen LogP contribution in [0, 0.1) is 11.7 Å². The van der Waals surface area contributed by atoms with E-state index in [1.165, 1.54) is 0 Å². The predicted octanol–water partition coefficient (Wildman–Crippen LogP) is 2.39. The number of nitrogens with one attached hydrogen (secondary N) is 2. The fourth-order valence-corrected chi connectivity index (χ4v) is 4.24. The zero-order valence-corrected chi connectivity index (χ0v) is 18.1. The Morgan fingerprint density at radius 1 is 1.23 bits per heavy atom. The molecular weight excluding hydrogens is 381 g/mol. The van der Waals surface area contributed by atoms with Gasteiger partial charge in [0.15, 0.2) is 5.96 Å². The van der Waals surface area contributed by atoms with Crippen LogP contribution in [-0.2, 0) is 10.2 Å². The molecule has 4 N–H and O–H groups in total. The summed E-state index contributed by atoms with van der Waals surface area (Å²) >= 11 is 0. The van der Waals surface area contributed by atoms with Crippen molar-refractivity contribution in [3.05, 3.63) is 35.6 Å². The van der Waals surface area contributed by atoms with Crippen LogP contribution < -0.4 is 16.4 Å². The lowest BCUT2D eigenvalue weighted by Crippen LogP contribution is -2.40. The summed E-state index contributed by atoms with van der Waals surface area (Å²) in [5, 5.41) is 6.71. The maximum atomic E-state index is 14.2. The highest BCUT2D eigenvalue weighted by atomic mass is 19.1. The molecule has 1 aliphatic carbocycles. The number of hydrogen-bond donors (Lipinski definition) is 3. The second kappa shape index (κ2) is 10.8. The summed E-state index contributed by atoms with van der Waals surface area (Å²) in [6, 6.07) is 7.08. The molecule has 1 heterocycles. The standard InChI is InChI=1S/C23H36FN5O/c1-2-26-22(28-17-23(11-12-23)19-7-3-4-8-20(19)24)27-13-5-6-14-29-15-9-18(10-16-29)21(25)30/h3-4,7-8,18H,2,5-6,9-17H2,1H3,(H2,25,30)(H2,26,27,28). The van der Waals surface area contributed by atoms with E-state index < -0.39 is 0 Å². The first-order valence-electron chi connectivity index (χ1n) is 11.3. The number of nitrogens with zero attached hydrogens (tertiary/aromatic N) is 2. The third kappa shape index (κ3) is 6.17. The third-order valence-corrected chi connectivity index (χ3v) is 6.37. The molecule has 0 aromatic heterocycles. The number of amides is 1. The number of carbonyl (C=O) groups is 1. The molecule has 1 saturated carbocycles. The van der Waals surface area contributed by atoms with Crippen molar-refractivity contribution in [1.29, 1.82) is 0 Å². The van der Waals surface area contributed by atoms with Crippen LogP contribution in [-0.4, -0.2) is 56.0 Å². The lowest BCUT2D eigenvalue weighted by Gasteiger charge is -2.30. The van der Waals surface area contributed by atoms with E-state index >= 15 is 0 Å². The number of rotatable bonds is 10. The van der Waals surface area contributed by atoms with Gasteiger partial charge in [-0.25, -0.2) is 4.39 Å². The fourth-order valence-electron chi connectivity index (χ4n) is 4.24. The first-order chi connectivity index (χ1) is 14.5. The highest BCUT2D eigenvalue weighted by Crippen LogP contribution is 2.49. The van der Waals surface area contributed by atoms with Crippen molar-refractivity contribution in [2.75, 3.05) is 39.3 Å². The summed E-state index contributed by atoms with van der Waals surface area (Å²) in [6.45, 7) is 7.29. The number of aliphatic imine (C=N–C) groups is 1. The summed E-state index contributed by atoms with van der Waals surface area (Å²) < 4.78 is 14.2. The molecule has 166 valence electrons. The zero-order chi connectivity index (χ0) is 21.4. The minimum Gasteiger partial charge on any atom is -0.369 e. The number of guanidine groups is 1. The van der Waals surface area contributed by atoms with Gasteiger partial charge in [-0.3, -0.25) is 9.79 Å². The molecule has 7 heteroatoms. The Bertz CT molecular complexity index is 726. The average molecular weight is 418 g/mol. The summed E-state index contributed by atoms with van der Waals surface area (Å²) in [5.74, 6) is 0.586. The topological polar surface area (TPSA) is 82.8 Å². The van der Waals surface area contributed by atoms with E-state index in [4.69, 9.17) is 10.7 Å². The van der Waals surface area contributed by atoms with E-state index in [-0.39, 0.29) is 23.1 Å². The first kappa shape index (κ1) is 22.5. The average Bonchev–Trinajstić information content (AvgIpc) is 3.53. The molecule has 3 rings (SSSR count). The van der Waals surface area contributed by atoms with Gasteiger partial charge in [-0.05, 0) is 76.7 Å². The maximum Gasteiger partial charge on any atom is 0.220 e. The number of likely N-dealkylation sites (tertiary alicyclic amines) is 1. The third-order valence-electron chi connectivity index (χ3n) is 6.37. The fraction of sp³-hybridized carbons (Fsp3) is 0.652. The molecule has 1 aromatic rings. The van der Waals surface area contributed by atoms with Gasteiger partial charge in [0.25, 0.3) is 0 Å². The molecule has 0 atom stereocenters. The van der Waals surface area contributed by atoms with E-state index in [2.05, 4.69) is 22.5 Å².